The molecular weight excluding hydrogens is 197 g/mol. The van der Waals surface area contributed by atoms with E-state index in [-0.39, 0.29) is 0 Å². The highest BCUT2D eigenvalue weighted by molar-refractivity contribution is 5.34. The number of alkyl halides is 2. The van der Waals surface area contributed by atoms with Crippen LogP contribution in [0.15, 0.2) is 6.07 Å². The van der Waals surface area contributed by atoms with Crippen LogP contribution in [-0.2, 0) is 6.61 Å². The van der Waals surface area contributed by atoms with Gasteiger partial charge in [0.05, 0.1) is 12.3 Å². The quantitative estimate of drug-likeness (QED) is 0.739. The Hall–Kier alpha value is -1.61. The van der Waals surface area contributed by atoms with Gasteiger partial charge in [0.25, 0.3) is 6.43 Å². The largest absolute Gasteiger partial charge is 0.390 e. The molecule has 1 N–H and O–H groups in total. The summed E-state index contributed by atoms with van der Waals surface area (Å²) >= 11 is 0. The van der Waals surface area contributed by atoms with Crippen molar-refractivity contribution in [1.29, 1.82) is 5.26 Å². The summed E-state index contributed by atoms with van der Waals surface area (Å²) in [5.74, 6) is -1.15. The first-order valence-electron chi connectivity index (χ1n) is 3.58. The van der Waals surface area contributed by atoms with Gasteiger partial charge in [-0.2, -0.15) is 9.65 Å². The zero-order chi connectivity index (χ0) is 10.7. The highest BCUT2D eigenvalue weighted by Gasteiger charge is 2.17. The maximum absolute atomic E-state index is 12.8. The van der Waals surface area contributed by atoms with Crippen molar-refractivity contribution in [3.05, 3.63) is 28.8 Å². The number of aromatic nitrogens is 1. The number of pyridine rings is 1. The van der Waals surface area contributed by atoms with Gasteiger partial charge < -0.3 is 5.11 Å². The van der Waals surface area contributed by atoms with Crippen molar-refractivity contribution in [3.8, 4) is 6.07 Å². The fourth-order valence-electron chi connectivity index (χ4n) is 0.936. The summed E-state index contributed by atoms with van der Waals surface area (Å²) in [6.07, 6.45) is -2.89. The molecule has 1 aromatic heterocycles. The van der Waals surface area contributed by atoms with Gasteiger partial charge in [0.15, 0.2) is 0 Å². The summed E-state index contributed by atoms with van der Waals surface area (Å²) in [5, 5.41) is 17.0. The number of rotatable bonds is 2. The van der Waals surface area contributed by atoms with Gasteiger partial charge >= 0.3 is 0 Å². The fourth-order valence-corrected chi connectivity index (χ4v) is 0.936. The molecular formula is C8H5F3N2O. The van der Waals surface area contributed by atoms with Gasteiger partial charge in [0.1, 0.15) is 11.6 Å². The van der Waals surface area contributed by atoms with Crippen LogP contribution < -0.4 is 0 Å². The molecule has 0 spiro atoms. The number of nitrogens with zero attached hydrogens (tertiary/aromatic N) is 2. The van der Waals surface area contributed by atoms with Crippen LogP contribution in [0.2, 0.25) is 0 Å². The van der Waals surface area contributed by atoms with Crippen LogP contribution in [0.1, 0.15) is 23.2 Å². The second-order valence-corrected chi connectivity index (χ2v) is 2.43. The lowest BCUT2D eigenvalue weighted by molar-refractivity contribution is 0.145. The zero-order valence-corrected chi connectivity index (χ0v) is 6.84. The summed E-state index contributed by atoms with van der Waals surface area (Å²) in [4.78, 5) is 3.06. The highest BCUT2D eigenvalue weighted by atomic mass is 19.3. The van der Waals surface area contributed by atoms with E-state index in [0.717, 1.165) is 0 Å². The van der Waals surface area contributed by atoms with E-state index >= 15 is 0 Å². The van der Waals surface area contributed by atoms with Gasteiger partial charge in [-0.3, -0.25) is 0 Å². The van der Waals surface area contributed by atoms with E-state index in [4.69, 9.17) is 10.4 Å². The summed E-state index contributed by atoms with van der Waals surface area (Å²) in [5.41, 5.74) is -1.63. The first-order chi connectivity index (χ1) is 6.60. The van der Waals surface area contributed by atoms with Crippen molar-refractivity contribution in [2.75, 3.05) is 0 Å². The van der Waals surface area contributed by atoms with Crippen LogP contribution in [0.25, 0.3) is 0 Å². The lowest BCUT2D eigenvalue weighted by atomic mass is 10.1. The van der Waals surface area contributed by atoms with Crippen molar-refractivity contribution in [3.63, 3.8) is 0 Å². The molecule has 0 aliphatic carbocycles. The van der Waals surface area contributed by atoms with Crippen LogP contribution in [0.5, 0.6) is 0 Å². The molecule has 0 amide bonds. The predicted molar refractivity (Wildman–Crippen MR) is 39.8 cm³/mol. The molecule has 0 saturated carbocycles. The molecule has 1 aromatic rings. The minimum absolute atomic E-state index is 0.448. The summed E-state index contributed by atoms with van der Waals surface area (Å²) in [6, 6.07) is 2.08. The van der Waals surface area contributed by atoms with Crippen LogP contribution in [0.4, 0.5) is 13.2 Å². The standard InChI is InChI=1S/C8H5F3N2O/c9-7(10)5-1-4(2-12)8(11)13-6(5)3-14/h1,7,14H,3H2. The molecule has 0 unspecified atom stereocenters. The van der Waals surface area contributed by atoms with E-state index in [1.807, 2.05) is 0 Å². The van der Waals surface area contributed by atoms with Crippen LogP contribution >= 0.6 is 0 Å². The molecule has 0 aromatic carbocycles. The molecule has 1 rings (SSSR count). The Morgan fingerprint density at radius 3 is 2.64 bits per heavy atom. The third-order valence-corrected chi connectivity index (χ3v) is 1.59. The molecule has 74 valence electrons. The monoisotopic (exact) mass is 202 g/mol. The van der Waals surface area contributed by atoms with Crippen LogP contribution in [-0.4, -0.2) is 10.1 Å². The third-order valence-electron chi connectivity index (χ3n) is 1.59. The smallest absolute Gasteiger partial charge is 0.265 e. The van der Waals surface area contributed by atoms with Crippen molar-refractivity contribution in [2.45, 2.75) is 13.0 Å². The van der Waals surface area contributed by atoms with E-state index in [1.165, 1.54) is 6.07 Å². The maximum Gasteiger partial charge on any atom is 0.265 e. The average molecular weight is 202 g/mol. The molecule has 1 heterocycles. The highest BCUT2D eigenvalue weighted by Crippen LogP contribution is 2.23. The van der Waals surface area contributed by atoms with E-state index < -0.39 is 35.8 Å². The Morgan fingerprint density at radius 2 is 2.21 bits per heavy atom. The number of halogens is 3. The molecule has 6 heteroatoms. The lowest BCUT2D eigenvalue weighted by Gasteiger charge is -2.05. The van der Waals surface area contributed by atoms with Gasteiger partial charge in [-0.25, -0.2) is 13.8 Å². The second-order valence-electron chi connectivity index (χ2n) is 2.43. The summed E-state index contributed by atoms with van der Waals surface area (Å²) in [6.45, 7) is -0.789. The van der Waals surface area contributed by atoms with Crippen molar-refractivity contribution >= 4 is 0 Å². The maximum atomic E-state index is 12.8. The minimum Gasteiger partial charge on any atom is -0.390 e. The van der Waals surface area contributed by atoms with Crippen molar-refractivity contribution < 1.29 is 18.3 Å². The van der Waals surface area contributed by atoms with Gasteiger partial charge in [0.2, 0.25) is 5.95 Å². The Bertz CT molecular complexity index is 387. The van der Waals surface area contributed by atoms with E-state index in [2.05, 4.69) is 4.98 Å². The average Bonchev–Trinajstić information content (AvgIpc) is 2.16. The Labute approximate surface area is 77.4 Å². The number of aliphatic hydroxyl groups is 1. The van der Waals surface area contributed by atoms with Gasteiger partial charge in [0, 0.05) is 5.56 Å². The number of hydrogen-bond donors (Lipinski definition) is 1. The topological polar surface area (TPSA) is 56.9 Å². The minimum atomic E-state index is -2.89. The molecule has 0 aliphatic rings. The Morgan fingerprint density at radius 1 is 1.57 bits per heavy atom. The number of nitriles is 1. The molecule has 3 nitrogen and oxygen atoms in total. The fraction of sp³-hybridized carbons (Fsp3) is 0.250. The summed E-state index contributed by atoms with van der Waals surface area (Å²) < 4.78 is 37.4. The molecule has 0 bridgehead atoms. The second kappa shape index (κ2) is 4.07. The Kier molecular flexibility index (Phi) is 3.04. The number of aliphatic hydroxyl groups excluding tert-OH is 1. The predicted octanol–water partition coefficient (Wildman–Crippen LogP) is 1.52. The van der Waals surface area contributed by atoms with Gasteiger partial charge in [-0.1, -0.05) is 0 Å². The lowest BCUT2D eigenvalue weighted by Crippen LogP contribution is -2.03. The molecule has 0 saturated heterocycles. The molecule has 14 heavy (non-hydrogen) atoms. The molecule has 0 fully saturated rings. The zero-order valence-electron chi connectivity index (χ0n) is 6.84. The van der Waals surface area contributed by atoms with Gasteiger partial charge in [-0.05, 0) is 6.07 Å². The molecule has 0 atom stereocenters. The van der Waals surface area contributed by atoms with E-state index in [1.54, 1.807) is 0 Å². The van der Waals surface area contributed by atoms with Crippen LogP contribution in [0.3, 0.4) is 0 Å². The van der Waals surface area contributed by atoms with Crippen LogP contribution in [0, 0.1) is 17.3 Å². The normalized spacial score (nSPS) is 10.3. The molecule has 0 aliphatic heterocycles. The third kappa shape index (κ3) is 1.83. The van der Waals surface area contributed by atoms with E-state index in [0.29, 0.717) is 6.07 Å². The van der Waals surface area contributed by atoms with E-state index in [9.17, 15) is 13.2 Å². The Balaban J connectivity index is 3.34. The summed E-state index contributed by atoms with van der Waals surface area (Å²) in [7, 11) is 0. The van der Waals surface area contributed by atoms with Crippen molar-refractivity contribution in [2.24, 2.45) is 0 Å². The van der Waals surface area contributed by atoms with Crippen molar-refractivity contribution in [1.82, 2.24) is 4.98 Å². The SMILES string of the molecule is N#Cc1cc(C(F)F)c(CO)nc1F. The molecule has 0 radical (unpaired) electrons. The van der Waals surface area contributed by atoms with Gasteiger partial charge in [-0.15, -0.1) is 0 Å². The first-order valence-corrected chi connectivity index (χ1v) is 3.58. The number of hydrogen-bond acceptors (Lipinski definition) is 3. The first kappa shape index (κ1) is 10.5.